The predicted octanol–water partition coefficient (Wildman–Crippen LogP) is 17.4. The summed E-state index contributed by atoms with van der Waals surface area (Å²) in [5.74, 6) is -1.02. The number of unbranched alkanes of at least 4 members (excludes halogenated alkanes) is 19. The van der Waals surface area contributed by atoms with Crippen LogP contribution in [0.4, 0.5) is 0 Å². The lowest BCUT2D eigenvalue weighted by Crippen LogP contribution is -2.30. The summed E-state index contributed by atoms with van der Waals surface area (Å²) >= 11 is 0. The van der Waals surface area contributed by atoms with E-state index >= 15 is 0 Å². The first kappa shape index (κ1) is 60.3. The molecule has 0 heterocycles. The normalized spacial score (nSPS) is 12.9. The van der Waals surface area contributed by atoms with Gasteiger partial charge in [0.2, 0.25) is 0 Å². The summed E-state index contributed by atoms with van der Waals surface area (Å²) in [7, 11) is 0. The van der Waals surface area contributed by atoms with E-state index in [0.717, 1.165) is 103 Å². The summed E-state index contributed by atoms with van der Waals surface area (Å²) < 4.78 is 16.7. The van der Waals surface area contributed by atoms with Gasteiger partial charge in [0.25, 0.3) is 0 Å². The van der Waals surface area contributed by atoms with E-state index in [1.165, 1.54) is 83.5 Å². The van der Waals surface area contributed by atoms with Gasteiger partial charge < -0.3 is 14.2 Å². The fourth-order valence-corrected chi connectivity index (χ4v) is 6.87. The second-order valence-corrected chi connectivity index (χ2v) is 17.0. The number of rotatable bonds is 46. The third-order valence-electron chi connectivity index (χ3n) is 10.8. The molecule has 64 heavy (non-hydrogen) atoms. The second kappa shape index (κ2) is 52.0. The van der Waals surface area contributed by atoms with Crippen LogP contribution >= 0.6 is 0 Å². The van der Waals surface area contributed by atoms with Crippen molar-refractivity contribution in [3.05, 3.63) is 97.2 Å². The molecule has 0 amide bonds. The highest BCUT2D eigenvalue weighted by molar-refractivity contribution is 5.71. The zero-order chi connectivity index (χ0) is 46.5. The molecule has 0 saturated carbocycles. The lowest BCUT2D eigenvalue weighted by Gasteiger charge is -2.18. The minimum Gasteiger partial charge on any atom is -0.462 e. The summed E-state index contributed by atoms with van der Waals surface area (Å²) in [6.07, 6.45) is 68.3. The van der Waals surface area contributed by atoms with Crippen LogP contribution in [0.15, 0.2) is 97.2 Å². The first-order chi connectivity index (χ1) is 31.5. The number of ether oxygens (including phenoxy) is 3. The molecule has 0 aliphatic carbocycles. The highest BCUT2D eigenvalue weighted by Crippen LogP contribution is 2.13. The topological polar surface area (TPSA) is 78.9 Å². The molecule has 0 rings (SSSR count). The summed E-state index contributed by atoms with van der Waals surface area (Å²) in [4.78, 5) is 38.0. The van der Waals surface area contributed by atoms with Crippen LogP contribution in [0, 0.1) is 0 Å². The lowest BCUT2D eigenvalue weighted by molar-refractivity contribution is -0.166. The van der Waals surface area contributed by atoms with Crippen molar-refractivity contribution in [2.45, 2.75) is 239 Å². The molecule has 364 valence electrons. The average molecular weight is 889 g/mol. The van der Waals surface area contributed by atoms with Crippen LogP contribution in [0.5, 0.6) is 0 Å². The average Bonchev–Trinajstić information content (AvgIpc) is 3.29. The molecule has 6 nitrogen and oxygen atoms in total. The Labute approximate surface area is 394 Å². The molecule has 0 aromatic carbocycles. The Morgan fingerprint density at radius 3 is 1.08 bits per heavy atom. The van der Waals surface area contributed by atoms with Gasteiger partial charge in [-0.2, -0.15) is 0 Å². The van der Waals surface area contributed by atoms with E-state index in [-0.39, 0.29) is 37.5 Å². The Bertz CT molecular complexity index is 1300. The van der Waals surface area contributed by atoms with Crippen molar-refractivity contribution in [3.63, 3.8) is 0 Å². The van der Waals surface area contributed by atoms with Crippen molar-refractivity contribution in [2.24, 2.45) is 0 Å². The SMILES string of the molecule is CC/C=C\C/C=C\C/C=C\C/C=C\CCC(=O)OCC(COC(=O)CCCCCCCCC/C=C\C/C=C\CCCCCC)OC(=O)CCCCCCC/C=C\C/C=C\CCCCC. The van der Waals surface area contributed by atoms with E-state index in [2.05, 4.69) is 106 Å². The van der Waals surface area contributed by atoms with Crippen molar-refractivity contribution in [1.82, 2.24) is 0 Å². The molecule has 1 atom stereocenters. The zero-order valence-corrected chi connectivity index (χ0v) is 41.5. The Morgan fingerprint density at radius 1 is 0.328 bits per heavy atom. The number of carbonyl (C=O) groups is 3. The number of hydrogen-bond donors (Lipinski definition) is 0. The monoisotopic (exact) mass is 889 g/mol. The minimum atomic E-state index is -0.817. The summed E-state index contributed by atoms with van der Waals surface area (Å²) in [6, 6.07) is 0. The third-order valence-corrected chi connectivity index (χ3v) is 10.8. The molecule has 0 aliphatic heterocycles. The largest absolute Gasteiger partial charge is 0.462 e. The van der Waals surface area contributed by atoms with Gasteiger partial charge >= 0.3 is 17.9 Å². The molecule has 0 aliphatic rings. The maximum absolute atomic E-state index is 12.8. The van der Waals surface area contributed by atoms with Crippen molar-refractivity contribution in [2.75, 3.05) is 13.2 Å². The summed E-state index contributed by atoms with van der Waals surface area (Å²) in [5, 5.41) is 0. The Hall–Kier alpha value is -3.67. The second-order valence-electron chi connectivity index (χ2n) is 17.0. The van der Waals surface area contributed by atoms with E-state index in [4.69, 9.17) is 14.2 Å². The predicted molar refractivity (Wildman–Crippen MR) is 274 cm³/mol. The number of allylic oxidation sites excluding steroid dienone is 16. The van der Waals surface area contributed by atoms with Crippen LogP contribution in [0.1, 0.15) is 233 Å². The molecule has 0 N–H and O–H groups in total. The standard InChI is InChI=1S/C58H96O6/c1-4-7-10-13-16-19-22-25-27-28-29-31-33-36-39-42-45-48-51-57(60)63-54-55(53-62-56(59)50-47-44-41-38-35-32-24-21-18-15-12-9-6-3)64-58(61)52-49-46-43-40-37-34-30-26-23-20-17-14-11-8-5-2/h9,12,17-22,26-28,30,32,35,41,44,55H,4-8,10-11,13-16,23-25,29,31,33-34,36-40,42-43,45-54H2,1-3H3/b12-9-,20-17-,21-18-,22-19-,28-27-,30-26-,35-32-,44-41-. The maximum Gasteiger partial charge on any atom is 0.306 e. The Kier molecular flexibility index (Phi) is 49.0. The van der Waals surface area contributed by atoms with E-state index in [0.29, 0.717) is 19.3 Å². The summed E-state index contributed by atoms with van der Waals surface area (Å²) in [6.45, 7) is 6.39. The number of hydrogen-bond acceptors (Lipinski definition) is 6. The molecular formula is C58H96O6. The third kappa shape index (κ3) is 49.3. The van der Waals surface area contributed by atoms with Gasteiger partial charge in [-0.05, 0) is 109 Å². The van der Waals surface area contributed by atoms with Gasteiger partial charge in [0.05, 0.1) is 0 Å². The first-order valence-corrected chi connectivity index (χ1v) is 26.2. The molecule has 6 heteroatoms. The van der Waals surface area contributed by atoms with Gasteiger partial charge in [0, 0.05) is 19.3 Å². The van der Waals surface area contributed by atoms with Crippen LogP contribution < -0.4 is 0 Å². The van der Waals surface area contributed by atoms with Gasteiger partial charge in [-0.3, -0.25) is 14.4 Å². The Morgan fingerprint density at radius 2 is 0.641 bits per heavy atom. The summed E-state index contributed by atoms with van der Waals surface area (Å²) in [5.41, 5.74) is 0. The van der Waals surface area contributed by atoms with Crippen molar-refractivity contribution >= 4 is 17.9 Å². The minimum absolute atomic E-state index is 0.110. The van der Waals surface area contributed by atoms with Crippen LogP contribution in [0.25, 0.3) is 0 Å². The quantitative estimate of drug-likeness (QED) is 0.0262. The highest BCUT2D eigenvalue weighted by atomic mass is 16.6. The molecular weight excluding hydrogens is 793 g/mol. The maximum atomic E-state index is 12.8. The molecule has 0 saturated heterocycles. The van der Waals surface area contributed by atoms with Crippen LogP contribution in [0.3, 0.4) is 0 Å². The molecule has 0 fully saturated rings. The smallest absolute Gasteiger partial charge is 0.306 e. The van der Waals surface area contributed by atoms with E-state index in [9.17, 15) is 14.4 Å². The molecule has 0 bridgehead atoms. The van der Waals surface area contributed by atoms with E-state index in [1.54, 1.807) is 0 Å². The van der Waals surface area contributed by atoms with Gasteiger partial charge in [0.15, 0.2) is 6.10 Å². The van der Waals surface area contributed by atoms with E-state index < -0.39 is 6.10 Å². The van der Waals surface area contributed by atoms with Crippen molar-refractivity contribution in [1.29, 1.82) is 0 Å². The van der Waals surface area contributed by atoms with Crippen molar-refractivity contribution < 1.29 is 28.6 Å². The fraction of sp³-hybridized carbons (Fsp3) is 0.672. The van der Waals surface area contributed by atoms with Crippen molar-refractivity contribution in [3.8, 4) is 0 Å². The Balaban J connectivity index is 4.49. The number of carbonyl (C=O) groups excluding carboxylic acids is 3. The molecule has 0 aromatic heterocycles. The molecule has 1 unspecified atom stereocenters. The van der Waals surface area contributed by atoms with E-state index in [1.807, 2.05) is 12.2 Å². The number of esters is 3. The highest BCUT2D eigenvalue weighted by Gasteiger charge is 2.19. The van der Waals surface area contributed by atoms with Gasteiger partial charge in [-0.1, -0.05) is 201 Å². The molecule has 0 aromatic rings. The van der Waals surface area contributed by atoms with Gasteiger partial charge in [-0.15, -0.1) is 0 Å². The fourth-order valence-electron chi connectivity index (χ4n) is 6.87. The van der Waals surface area contributed by atoms with Gasteiger partial charge in [-0.25, -0.2) is 0 Å². The zero-order valence-electron chi connectivity index (χ0n) is 41.5. The lowest BCUT2D eigenvalue weighted by atomic mass is 10.1. The first-order valence-electron chi connectivity index (χ1n) is 26.2. The van der Waals surface area contributed by atoms with Crippen LogP contribution in [-0.4, -0.2) is 37.2 Å². The van der Waals surface area contributed by atoms with Crippen LogP contribution in [0.2, 0.25) is 0 Å². The van der Waals surface area contributed by atoms with Crippen LogP contribution in [-0.2, 0) is 28.6 Å². The van der Waals surface area contributed by atoms with Gasteiger partial charge in [0.1, 0.15) is 13.2 Å². The molecule has 0 radical (unpaired) electrons. The molecule has 0 spiro atoms.